The lowest BCUT2D eigenvalue weighted by atomic mass is 9.94. The molecule has 2 rings (SSSR count). The van der Waals surface area contributed by atoms with Crippen molar-refractivity contribution >= 4 is 11.6 Å². The van der Waals surface area contributed by atoms with Crippen molar-refractivity contribution in [3.63, 3.8) is 0 Å². The van der Waals surface area contributed by atoms with E-state index in [1.807, 2.05) is 13.0 Å². The van der Waals surface area contributed by atoms with Crippen molar-refractivity contribution in [1.29, 1.82) is 0 Å². The fourth-order valence-corrected chi connectivity index (χ4v) is 2.46. The molecule has 1 fully saturated rings. The van der Waals surface area contributed by atoms with Crippen LogP contribution in [0.1, 0.15) is 32.6 Å². The maximum atomic E-state index is 12.0. The number of ether oxygens (including phenoxy) is 1. The number of aromatic nitrogens is 1. The monoisotopic (exact) mass is 277 g/mol. The third-order valence-corrected chi connectivity index (χ3v) is 3.50. The Hall–Kier alpha value is -1.62. The van der Waals surface area contributed by atoms with E-state index in [1.165, 1.54) is 12.8 Å². The van der Waals surface area contributed by atoms with Gasteiger partial charge < -0.3 is 15.4 Å². The summed E-state index contributed by atoms with van der Waals surface area (Å²) in [5.74, 6) is 1.14. The van der Waals surface area contributed by atoms with E-state index in [2.05, 4.69) is 15.6 Å². The molecule has 0 spiro atoms. The number of nitrogens with one attached hydrogen (secondary N) is 2. The first-order chi connectivity index (χ1) is 9.79. The van der Waals surface area contributed by atoms with Crippen molar-refractivity contribution in [2.45, 2.75) is 32.6 Å². The van der Waals surface area contributed by atoms with Crippen molar-refractivity contribution in [1.82, 2.24) is 10.3 Å². The van der Waals surface area contributed by atoms with Gasteiger partial charge in [-0.1, -0.05) is 0 Å². The number of carbonyl (C=O) groups excluding carboxylic acids is 1. The maximum absolute atomic E-state index is 12.0. The molecule has 2 N–H and O–H groups in total. The standard InChI is InChI=1S/C15H23N3O2/c1-2-20-15-13(6-4-10-17-15)18-14(19)8-7-12-5-3-9-16-11-12/h4,6,10,12,16H,2-3,5,7-9,11H2,1H3,(H,18,19). The second-order valence-electron chi connectivity index (χ2n) is 5.09. The number of anilines is 1. The average Bonchev–Trinajstić information content (AvgIpc) is 2.49. The van der Waals surface area contributed by atoms with Gasteiger partial charge in [0.05, 0.1) is 6.61 Å². The van der Waals surface area contributed by atoms with Crippen LogP contribution in [0.2, 0.25) is 0 Å². The van der Waals surface area contributed by atoms with Crippen LogP contribution >= 0.6 is 0 Å². The fraction of sp³-hybridized carbons (Fsp3) is 0.600. The minimum absolute atomic E-state index is 0.0320. The Morgan fingerprint density at radius 3 is 3.25 bits per heavy atom. The van der Waals surface area contributed by atoms with E-state index < -0.39 is 0 Å². The molecular formula is C15H23N3O2. The molecule has 1 saturated heterocycles. The van der Waals surface area contributed by atoms with E-state index in [9.17, 15) is 4.79 Å². The van der Waals surface area contributed by atoms with Gasteiger partial charge in [-0.15, -0.1) is 0 Å². The molecule has 0 saturated carbocycles. The Bertz CT molecular complexity index is 431. The van der Waals surface area contributed by atoms with E-state index in [4.69, 9.17) is 4.74 Å². The summed E-state index contributed by atoms with van der Waals surface area (Å²) in [4.78, 5) is 16.1. The van der Waals surface area contributed by atoms with E-state index in [-0.39, 0.29) is 5.91 Å². The Morgan fingerprint density at radius 1 is 1.60 bits per heavy atom. The van der Waals surface area contributed by atoms with Gasteiger partial charge in [0.15, 0.2) is 0 Å². The summed E-state index contributed by atoms with van der Waals surface area (Å²) in [7, 11) is 0. The molecule has 0 aromatic carbocycles. The molecule has 0 bridgehead atoms. The molecule has 20 heavy (non-hydrogen) atoms. The smallest absolute Gasteiger partial charge is 0.237 e. The minimum atomic E-state index is 0.0320. The quantitative estimate of drug-likeness (QED) is 0.836. The highest BCUT2D eigenvalue weighted by molar-refractivity contribution is 5.91. The van der Waals surface area contributed by atoms with E-state index in [0.717, 1.165) is 19.5 Å². The van der Waals surface area contributed by atoms with Crippen LogP contribution in [-0.2, 0) is 4.79 Å². The lowest BCUT2D eigenvalue weighted by Gasteiger charge is -2.22. The van der Waals surface area contributed by atoms with Crippen LogP contribution in [0.5, 0.6) is 5.88 Å². The number of rotatable bonds is 6. The molecule has 5 nitrogen and oxygen atoms in total. The number of pyridine rings is 1. The summed E-state index contributed by atoms with van der Waals surface area (Å²) in [6.45, 7) is 4.57. The third-order valence-electron chi connectivity index (χ3n) is 3.50. The van der Waals surface area contributed by atoms with Crippen LogP contribution in [0.4, 0.5) is 5.69 Å². The van der Waals surface area contributed by atoms with Crippen LogP contribution in [0.3, 0.4) is 0 Å². The normalized spacial score (nSPS) is 18.6. The molecule has 1 aromatic rings. The minimum Gasteiger partial charge on any atom is -0.476 e. The number of hydrogen-bond acceptors (Lipinski definition) is 4. The highest BCUT2D eigenvalue weighted by atomic mass is 16.5. The summed E-state index contributed by atoms with van der Waals surface area (Å²) in [6, 6.07) is 3.61. The van der Waals surface area contributed by atoms with Gasteiger partial charge in [-0.05, 0) is 57.3 Å². The van der Waals surface area contributed by atoms with Gasteiger partial charge in [-0.3, -0.25) is 4.79 Å². The number of piperidine rings is 1. The number of hydrogen-bond donors (Lipinski definition) is 2. The molecule has 1 aliphatic rings. The van der Waals surface area contributed by atoms with Crippen molar-refractivity contribution in [2.24, 2.45) is 5.92 Å². The number of nitrogens with zero attached hydrogens (tertiary/aromatic N) is 1. The van der Waals surface area contributed by atoms with Crippen molar-refractivity contribution in [3.05, 3.63) is 18.3 Å². The van der Waals surface area contributed by atoms with Gasteiger partial charge in [0, 0.05) is 12.6 Å². The molecule has 1 amide bonds. The number of amides is 1. The molecule has 1 atom stereocenters. The molecule has 1 aromatic heterocycles. The third kappa shape index (κ3) is 4.49. The van der Waals surface area contributed by atoms with Gasteiger partial charge in [-0.25, -0.2) is 4.98 Å². The summed E-state index contributed by atoms with van der Waals surface area (Å²) in [5, 5.41) is 6.26. The van der Waals surface area contributed by atoms with Crippen molar-refractivity contribution in [2.75, 3.05) is 25.0 Å². The van der Waals surface area contributed by atoms with Gasteiger partial charge in [0.1, 0.15) is 5.69 Å². The second-order valence-corrected chi connectivity index (χ2v) is 5.09. The zero-order chi connectivity index (χ0) is 14.2. The Morgan fingerprint density at radius 2 is 2.50 bits per heavy atom. The molecule has 0 radical (unpaired) electrons. The van der Waals surface area contributed by atoms with Gasteiger partial charge >= 0.3 is 0 Å². The van der Waals surface area contributed by atoms with E-state index >= 15 is 0 Å². The predicted octanol–water partition coefficient (Wildman–Crippen LogP) is 2.20. The summed E-state index contributed by atoms with van der Waals surface area (Å²) in [6.07, 6.45) is 5.57. The van der Waals surface area contributed by atoms with E-state index in [1.54, 1.807) is 12.3 Å². The largest absolute Gasteiger partial charge is 0.476 e. The summed E-state index contributed by atoms with van der Waals surface area (Å²) < 4.78 is 5.40. The van der Waals surface area contributed by atoms with E-state index in [0.29, 0.717) is 30.5 Å². The maximum Gasteiger partial charge on any atom is 0.237 e. The highest BCUT2D eigenvalue weighted by Crippen LogP contribution is 2.21. The van der Waals surface area contributed by atoms with Gasteiger partial charge in [-0.2, -0.15) is 0 Å². The Balaban J connectivity index is 1.81. The average molecular weight is 277 g/mol. The number of carbonyl (C=O) groups is 1. The zero-order valence-corrected chi connectivity index (χ0v) is 12.0. The zero-order valence-electron chi connectivity index (χ0n) is 12.0. The lowest BCUT2D eigenvalue weighted by Crippen LogP contribution is -2.30. The Labute approximate surface area is 120 Å². The first-order valence-electron chi connectivity index (χ1n) is 7.38. The van der Waals surface area contributed by atoms with Crippen LogP contribution in [-0.4, -0.2) is 30.6 Å². The molecule has 2 heterocycles. The highest BCUT2D eigenvalue weighted by Gasteiger charge is 2.15. The van der Waals surface area contributed by atoms with Gasteiger partial charge in [0.25, 0.3) is 0 Å². The van der Waals surface area contributed by atoms with Gasteiger partial charge in [0.2, 0.25) is 11.8 Å². The van der Waals surface area contributed by atoms with Crippen LogP contribution in [0, 0.1) is 5.92 Å². The second kappa shape index (κ2) is 7.85. The summed E-state index contributed by atoms with van der Waals surface area (Å²) >= 11 is 0. The topological polar surface area (TPSA) is 63.2 Å². The van der Waals surface area contributed by atoms with Crippen LogP contribution in [0.15, 0.2) is 18.3 Å². The predicted molar refractivity (Wildman–Crippen MR) is 78.9 cm³/mol. The SMILES string of the molecule is CCOc1ncccc1NC(=O)CCC1CCCNC1. The molecule has 1 unspecified atom stereocenters. The molecule has 0 aliphatic carbocycles. The lowest BCUT2D eigenvalue weighted by molar-refractivity contribution is -0.116. The molecule has 1 aliphatic heterocycles. The van der Waals surface area contributed by atoms with Crippen molar-refractivity contribution in [3.8, 4) is 5.88 Å². The first-order valence-corrected chi connectivity index (χ1v) is 7.38. The Kier molecular flexibility index (Phi) is 5.80. The first kappa shape index (κ1) is 14.8. The summed E-state index contributed by atoms with van der Waals surface area (Å²) in [5.41, 5.74) is 0.654. The molecule has 5 heteroatoms. The van der Waals surface area contributed by atoms with Crippen molar-refractivity contribution < 1.29 is 9.53 Å². The fourth-order valence-electron chi connectivity index (χ4n) is 2.46. The van der Waals surface area contributed by atoms with Crippen LogP contribution < -0.4 is 15.4 Å². The molecular weight excluding hydrogens is 254 g/mol. The molecule has 110 valence electrons. The van der Waals surface area contributed by atoms with Crippen LogP contribution in [0.25, 0.3) is 0 Å².